The van der Waals surface area contributed by atoms with Crippen LogP contribution in [0.1, 0.15) is 16.3 Å². The molecular formula is C18H16N2O5S. The molecule has 134 valence electrons. The first-order valence-corrected chi connectivity index (χ1v) is 9.17. The van der Waals surface area contributed by atoms with Crippen molar-refractivity contribution >= 4 is 15.9 Å². The summed E-state index contributed by atoms with van der Waals surface area (Å²) in [7, 11) is -3.85. The molecule has 26 heavy (non-hydrogen) atoms. The van der Waals surface area contributed by atoms with Crippen LogP contribution in [0, 0.1) is 0 Å². The number of hydrogen-bond donors (Lipinski definition) is 2. The highest BCUT2D eigenvalue weighted by molar-refractivity contribution is 7.89. The Bertz CT molecular complexity index is 969. The number of ether oxygens (including phenoxy) is 1. The Kier molecular flexibility index (Phi) is 5.35. The van der Waals surface area contributed by atoms with Gasteiger partial charge < -0.3 is 9.15 Å². The molecule has 0 saturated heterocycles. The van der Waals surface area contributed by atoms with Crippen molar-refractivity contribution in [3.05, 3.63) is 84.3 Å². The second kappa shape index (κ2) is 7.85. The molecule has 3 aromatic rings. The Morgan fingerprint density at radius 2 is 1.58 bits per heavy atom. The first-order valence-electron chi connectivity index (χ1n) is 7.68. The van der Waals surface area contributed by atoms with Gasteiger partial charge in [0.2, 0.25) is 0 Å². The van der Waals surface area contributed by atoms with Crippen molar-refractivity contribution < 1.29 is 22.4 Å². The third-order valence-corrected chi connectivity index (χ3v) is 4.63. The molecular weight excluding hydrogens is 356 g/mol. The molecule has 7 nitrogen and oxygen atoms in total. The van der Waals surface area contributed by atoms with Crippen LogP contribution in [0.25, 0.3) is 0 Å². The van der Waals surface area contributed by atoms with Gasteiger partial charge in [-0.2, -0.15) is 0 Å². The number of nitrogens with one attached hydrogen (secondary N) is 2. The first kappa shape index (κ1) is 17.7. The van der Waals surface area contributed by atoms with Gasteiger partial charge in [-0.1, -0.05) is 36.4 Å². The van der Waals surface area contributed by atoms with Crippen LogP contribution in [-0.2, 0) is 16.6 Å². The fraction of sp³-hybridized carbons (Fsp3) is 0.0556. The van der Waals surface area contributed by atoms with Gasteiger partial charge in [0.1, 0.15) is 18.1 Å². The van der Waals surface area contributed by atoms with Gasteiger partial charge in [0, 0.05) is 0 Å². The molecule has 0 aliphatic heterocycles. The van der Waals surface area contributed by atoms with E-state index < -0.39 is 15.9 Å². The number of furan rings is 1. The smallest absolute Gasteiger partial charge is 0.301 e. The van der Waals surface area contributed by atoms with E-state index in [0.717, 1.165) is 0 Å². The van der Waals surface area contributed by atoms with Gasteiger partial charge in [-0.25, -0.2) is 8.42 Å². The number of rotatable bonds is 7. The topological polar surface area (TPSA) is 97.6 Å². The van der Waals surface area contributed by atoms with E-state index >= 15 is 0 Å². The third-order valence-electron chi connectivity index (χ3n) is 3.36. The summed E-state index contributed by atoms with van der Waals surface area (Å²) in [5, 5.41) is 0. The minimum Gasteiger partial charge on any atom is -0.486 e. The van der Waals surface area contributed by atoms with Crippen molar-refractivity contribution in [3.8, 4) is 5.75 Å². The molecule has 1 amide bonds. The fourth-order valence-electron chi connectivity index (χ4n) is 2.08. The van der Waals surface area contributed by atoms with Crippen LogP contribution >= 0.6 is 0 Å². The van der Waals surface area contributed by atoms with Gasteiger partial charge >= 0.3 is 5.91 Å². The number of hydrazine groups is 1. The zero-order chi connectivity index (χ0) is 18.4. The zero-order valence-corrected chi connectivity index (χ0v) is 14.4. The Morgan fingerprint density at radius 3 is 2.27 bits per heavy atom. The van der Waals surface area contributed by atoms with Crippen LogP contribution in [-0.4, -0.2) is 14.3 Å². The molecule has 0 unspecified atom stereocenters. The second-order valence-corrected chi connectivity index (χ2v) is 6.92. The summed E-state index contributed by atoms with van der Waals surface area (Å²) in [6.45, 7) is 0.146. The minimum atomic E-state index is -3.85. The number of carbonyl (C=O) groups is 1. The molecule has 2 N–H and O–H groups in total. The van der Waals surface area contributed by atoms with Gasteiger partial charge in [-0.05, 0) is 36.4 Å². The van der Waals surface area contributed by atoms with Crippen LogP contribution in [0.15, 0.2) is 82.1 Å². The van der Waals surface area contributed by atoms with Gasteiger partial charge in [-0.15, -0.1) is 4.83 Å². The normalized spacial score (nSPS) is 11.1. The maximum atomic E-state index is 12.1. The molecule has 0 aliphatic carbocycles. The van der Waals surface area contributed by atoms with Crippen molar-refractivity contribution in [2.75, 3.05) is 0 Å². The molecule has 2 aromatic carbocycles. The molecule has 8 heteroatoms. The molecule has 0 fully saturated rings. The van der Waals surface area contributed by atoms with Crippen LogP contribution in [0.4, 0.5) is 0 Å². The predicted molar refractivity (Wildman–Crippen MR) is 93.7 cm³/mol. The molecule has 0 bridgehead atoms. The lowest BCUT2D eigenvalue weighted by molar-refractivity contribution is 0.0913. The van der Waals surface area contributed by atoms with Crippen molar-refractivity contribution in [1.29, 1.82) is 0 Å². The lowest BCUT2D eigenvalue weighted by Gasteiger charge is -2.07. The van der Waals surface area contributed by atoms with E-state index in [-0.39, 0.29) is 17.3 Å². The van der Waals surface area contributed by atoms with Crippen LogP contribution in [0.5, 0.6) is 5.75 Å². The van der Waals surface area contributed by atoms with Gasteiger partial charge in [0.05, 0.1) is 4.90 Å². The largest absolute Gasteiger partial charge is 0.486 e. The average Bonchev–Trinajstić information content (AvgIpc) is 3.15. The number of hydrogen-bond acceptors (Lipinski definition) is 5. The highest BCUT2D eigenvalue weighted by Gasteiger charge is 2.17. The van der Waals surface area contributed by atoms with Crippen LogP contribution < -0.4 is 15.0 Å². The molecule has 0 spiro atoms. The van der Waals surface area contributed by atoms with E-state index in [2.05, 4.69) is 5.43 Å². The maximum Gasteiger partial charge on any atom is 0.301 e. The maximum absolute atomic E-state index is 12.1. The summed E-state index contributed by atoms with van der Waals surface area (Å²) in [5.74, 6) is 0.360. The van der Waals surface area contributed by atoms with Crippen molar-refractivity contribution in [3.63, 3.8) is 0 Å². The molecule has 1 aromatic heterocycles. The van der Waals surface area contributed by atoms with Crippen LogP contribution in [0.3, 0.4) is 0 Å². The highest BCUT2D eigenvalue weighted by atomic mass is 32.2. The van der Waals surface area contributed by atoms with Gasteiger partial charge in [0.15, 0.2) is 5.76 Å². The molecule has 0 radical (unpaired) electrons. The van der Waals surface area contributed by atoms with E-state index in [1.54, 1.807) is 36.4 Å². The predicted octanol–water partition coefficient (Wildman–Crippen LogP) is 2.48. The molecule has 0 aliphatic rings. The van der Waals surface area contributed by atoms with Crippen LogP contribution in [0.2, 0.25) is 0 Å². The summed E-state index contributed by atoms with van der Waals surface area (Å²) in [5.41, 5.74) is 2.11. The lowest BCUT2D eigenvalue weighted by Crippen LogP contribution is -2.41. The summed E-state index contributed by atoms with van der Waals surface area (Å²) in [6, 6.07) is 19.9. The van der Waals surface area contributed by atoms with Gasteiger partial charge in [-0.3, -0.25) is 10.2 Å². The highest BCUT2D eigenvalue weighted by Crippen LogP contribution is 2.14. The van der Waals surface area contributed by atoms with E-state index in [0.29, 0.717) is 11.5 Å². The summed E-state index contributed by atoms with van der Waals surface area (Å²) < 4.78 is 35.0. The summed E-state index contributed by atoms with van der Waals surface area (Å²) in [4.78, 5) is 14.1. The fourth-order valence-corrected chi connectivity index (χ4v) is 2.94. The summed E-state index contributed by atoms with van der Waals surface area (Å²) in [6.07, 6.45) is 0. The second-order valence-electron chi connectivity index (χ2n) is 5.24. The first-order chi connectivity index (χ1) is 12.5. The summed E-state index contributed by atoms with van der Waals surface area (Å²) >= 11 is 0. The van der Waals surface area contributed by atoms with E-state index in [4.69, 9.17) is 9.15 Å². The molecule has 1 heterocycles. The van der Waals surface area contributed by atoms with Gasteiger partial charge in [0.25, 0.3) is 10.0 Å². The molecule has 0 atom stereocenters. The number of carbonyl (C=O) groups excluding carboxylic acids is 1. The van der Waals surface area contributed by atoms with E-state index in [1.807, 2.05) is 23.0 Å². The third kappa shape index (κ3) is 4.50. The number of benzene rings is 2. The molecule has 3 rings (SSSR count). The zero-order valence-electron chi connectivity index (χ0n) is 13.6. The Balaban J connectivity index is 1.56. The lowest BCUT2D eigenvalue weighted by atomic mass is 10.3. The average molecular weight is 372 g/mol. The number of sulfonamides is 1. The monoisotopic (exact) mass is 372 g/mol. The van der Waals surface area contributed by atoms with Crippen molar-refractivity contribution in [2.24, 2.45) is 0 Å². The minimum absolute atomic E-state index is 0.0348. The Hall–Kier alpha value is -3.10. The van der Waals surface area contributed by atoms with Crippen molar-refractivity contribution in [1.82, 2.24) is 10.3 Å². The van der Waals surface area contributed by atoms with Crippen molar-refractivity contribution in [2.45, 2.75) is 11.5 Å². The van der Waals surface area contributed by atoms with E-state index in [1.165, 1.54) is 18.2 Å². The molecule has 0 saturated carbocycles. The standard InChI is InChI=1S/C18H16N2O5S/c21-18(19-20-26(22,23)16-9-5-2-6-10-16)17-12-11-15(25-17)13-24-14-7-3-1-4-8-14/h1-12,20H,13H2,(H,19,21). The Labute approximate surface area is 150 Å². The van der Waals surface area contributed by atoms with E-state index in [9.17, 15) is 13.2 Å². The quantitative estimate of drug-likeness (QED) is 0.621. The number of amides is 1. The number of para-hydroxylation sites is 1. The SMILES string of the molecule is O=C(NNS(=O)(=O)c1ccccc1)c1ccc(COc2ccccc2)o1. The Morgan fingerprint density at radius 1 is 0.923 bits per heavy atom.